The SMILES string of the molecule is CC(C)(C)OC(=O)C1CCCN1Br. The van der Waals surface area contributed by atoms with Gasteiger partial charge in [-0.2, -0.15) is 0 Å². The average Bonchev–Trinajstić information content (AvgIpc) is 2.30. The van der Waals surface area contributed by atoms with Crippen LogP contribution in [0.15, 0.2) is 0 Å². The highest BCUT2D eigenvalue weighted by atomic mass is 79.9. The van der Waals surface area contributed by atoms with Crippen molar-refractivity contribution in [3.05, 3.63) is 0 Å². The lowest BCUT2D eigenvalue weighted by Crippen LogP contribution is -2.36. The summed E-state index contributed by atoms with van der Waals surface area (Å²) in [5, 5.41) is 0. The lowest BCUT2D eigenvalue weighted by Gasteiger charge is -2.23. The van der Waals surface area contributed by atoms with Crippen molar-refractivity contribution in [1.29, 1.82) is 0 Å². The summed E-state index contributed by atoms with van der Waals surface area (Å²) in [7, 11) is 0. The highest BCUT2D eigenvalue weighted by Crippen LogP contribution is 2.23. The van der Waals surface area contributed by atoms with Crippen molar-refractivity contribution >= 4 is 22.1 Å². The number of carbonyl (C=O) groups excluding carboxylic acids is 1. The molecule has 0 aromatic heterocycles. The zero-order valence-corrected chi connectivity index (χ0v) is 9.93. The van der Waals surface area contributed by atoms with E-state index in [-0.39, 0.29) is 17.6 Å². The molecular formula is C9H16BrNO2. The number of esters is 1. The summed E-state index contributed by atoms with van der Waals surface area (Å²) in [6, 6.07) is -0.0979. The van der Waals surface area contributed by atoms with Gasteiger partial charge in [-0.15, -0.1) is 0 Å². The zero-order chi connectivity index (χ0) is 10.1. The fraction of sp³-hybridized carbons (Fsp3) is 0.889. The van der Waals surface area contributed by atoms with Crippen molar-refractivity contribution in [1.82, 2.24) is 3.93 Å². The first-order valence-corrected chi connectivity index (χ1v) is 5.26. The number of halogens is 1. The molecule has 4 heteroatoms. The smallest absolute Gasteiger partial charge is 0.324 e. The maximum atomic E-state index is 11.6. The van der Waals surface area contributed by atoms with Crippen LogP contribution in [0.4, 0.5) is 0 Å². The summed E-state index contributed by atoms with van der Waals surface area (Å²) in [5.74, 6) is -0.123. The number of ether oxygens (including phenoxy) is 1. The van der Waals surface area contributed by atoms with E-state index in [2.05, 4.69) is 16.1 Å². The number of rotatable bonds is 1. The van der Waals surface area contributed by atoms with Gasteiger partial charge < -0.3 is 4.74 Å². The molecule has 1 saturated heterocycles. The number of carbonyl (C=O) groups is 1. The summed E-state index contributed by atoms with van der Waals surface area (Å²) >= 11 is 3.35. The van der Waals surface area contributed by atoms with Gasteiger partial charge in [0.25, 0.3) is 0 Å². The topological polar surface area (TPSA) is 29.5 Å². The molecule has 0 aliphatic carbocycles. The minimum atomic E-state index is -0.381. The van der Waals surface area contributed by atoms with Gasteiger partial charge in [0.1, 0.15) is 11.6 Å². The monoisotopic (exact) mass is 249 g/mol. The van der Waals surface area contributed by atoms with E-state index in [4.69, 9.17) is 4.74 Å². The van der Waals surface area contributed by atoms with E-state index in [0.717, 1.165) is 19.4 Å². The number of hydrogen-bond donors (Lipinski definition) is 0. The second-order valence-corrected chi connectivity index (χ2v) is 5.23. The van der Waals surface area contributed by atoms with E-state index in [0.29, 0.717) is 0 Å². The molecule has 3 nitrogen and oxygen atoms in total. The fourth-order valence-corrected chi connectivity index (χ4v) is 1.96. The van der Waals surface area contributed by atoms with Gasteiger partial charge in [-0.05, 0) is 33.6 Å². The zero-order valence-electron chi connectivity index (χ0n) is 8.34. The molecule has 0 bridgehead atoms. The fourth-order valence-electron chi connectivity index (χ4n) is 1.33. The minimum absolute atomic E-state index is 0.0979. The van der Waals surface area contributed by atoms with Crippen molar-refractivity contribution in [3.8, 4) is 0 Å². The second kappa shape index (κ2) is 3.96. The highest BCUT2D eigenvalue weighted by molar-refractivity contribution is 9.07. The molecule has 0 aromatic rings. The Bertz CT molecular complexity index is 200. The predicted molar refractivity (Wildman–Crippen MR) is 54.5 cm³/mol. The third kappa shape index (κ3) is 3.27. The summed E-state index contributed by atoms with van der Waals surface area (Å²) in [5.41, 5.74) is -0.381. The van der Waals surface area contributed by atoms with Gasteiger partial charge in [0, 0.05) is 22.7 Å². The Morgan fingerprint density at radius 1 is 1.54 bits per heavy atom. The van der Waals surface area contributed by atoms with Gasteiger partial charge in [-0.1, -0.05) is 0 Å². The molecule has 1 rings (SSSR count). The molecule has 76 valence electrons. The third-order valence-corrected chi connectivity index (χ3v) is 2.72. The lowest BCUT2D eigenvalue weighted by molar-refractivity contribution is -0.158. The van der Waals surface area contributed by atoms with Crippen molar-refractivity contribution < 1.29 is 9.53 Å². The van der Waals surface area contributed by atoms with Gasteiger partial charge in [0.2, 0.25) is 0 Å². The Morgan fingerprint density at radius 2 is 2.15 bits per heavy atom. The van der Waals surface area contributed by atoms with Crippen molar-refractivity contribution in [2.24, 2.45) is 0 Å². The van der Waals surface area contributed by atoms with E-state index < -0.39 is 0 Å². The summed E-state index contributed by atoms with van der Waals surface area (Å²) in [6.45, 7) is 6.58. The van der Waals surface area contributed by atoms with Crippen LogP contribution in [0, 0.1) is 0 Å². The molecule has 0 aromatic carbocycles. The van der Waals surface area contributed by atoms with Crippen molar-refractivity contribution in [2.45, 2.75) is 45.3 Å². The van der Waals surface area contributed by atoms with Crippen LogP contribution in [0.3, 0.4) is 0 Å². The van der Waals surface area contributed by atoms with E-state index >= 15 is 0 Å². The van der Waals surface area contributed by atoms with Gasteiger partial charge in [-0.3, -0.25) is 4.79 Å². The molecule has 0 saturated carbocycles. The molecule has 0 radical (unpaired) electrons. The summed E-state index contributed by atoms with van der Waals surface area (Å²) < 4.78 is 7.16. The third-order valence-electron chi connectivity index (χ3n) is 1.87. The molecule has 1 fully saturated rings. The van der Waals surface area contributed by atoms with Gasteiger partial charge in [0.15, 0.2) is 0 Å². The molecular weight excluding hydrogens is 234 g/mol. The van der Waals surface area contributed by atoms with Crippen molar-refractivity contribution in [2.75, 3.05) is 6.54 Å². The summed E-state index contributed by atoms with van der Waals surface area (Å²) in [4.78, 5) is 11.6. The van der Waals surface area contributed by atoms with Gasteiger partial charge in [0.05, 0.1) is 0 Å². The Labute approximate surface area is 87.8 Å². The molecule has 0 spiro atoms. The van der Waals surface area contributed by atoms with E-state index in [1.54, 1.807) is 0 Å². The highest BCUT2D eigenvalue weighted by Gasteiger charge is 2.32. The van der Waals surface area contributed by atoms with Crippen LogP contribution in [0.2, 0.25) is 0 Å². The van der Waals surface area contributed by atoms with Crippen LogP contribution in [0.5, 0.6) is 0 Å². The summed E-state index contributed by atoms with van der Waals surface area (Å²) in [6.07, 6.45) is 1.94. The first kappa shape index (κ1) is 11.0. The Balaban J connectivity index is 2.48. The molecule has 13 heavy (non-hydrogen) atoms. The Morgan fingerprint density at radius 3 is 2.54 bits per heavy atom. The molecule has 0 amide bonds. The standard InChI is InChI=1S/C9H16BrNO2/c1-9(2,3)13-8(12)7-5-4-6-11(7)10/h7H,4-6H2,1-3H3. The first-order chi connectivity index (χ1) is 5.90. The predicted octanol–water partition coefficient (Wildman–Crippen LogP) is 2.10. The molecule has 1 aliphatic heterocycles. The van der Waals surface area contributed by atoms with Crippen molar-refractivity contribution in [3.63, 3.8) is 0 Å². The molecule has 1 heterocycles. The van der Waals surface area contributed by atoms with Gasteiger partial charge >= 0.3 is 5.97 Å². The maximum absolute atomic E-state index is 11.6. The average molecular weight is 250 g/mol. The largest absolute Gasteiger partial charge is 0.459 e. The molecule has 0 N–H and O–H groups in total. The Hall–Kier alpha value is -0.0900. The van der Waals surface area contributed by atoms with E-state index in [1.807, 2.05) is 24.7 Å². The van der Waals surface area contributed by atoms with Crippen LogP contribution >= 0.6 is 16.1 Å². The van der Waals surface area contributed by atoms with E-state index in [9.17, 15) is 4.79 Å². The van der Waals surface area contributed by atoms with Crippen LogP contribution in [0.1, 0.15) is 33.6 Å². The van der Waals surface area contributed by atoms with Gasteiger partial charge in [-0.25, -0.2) is 3.93 Å². The minimum Gasteiger partial charge on any atom is -0.459 e. The van der Waals surface area contributed by atoms with Crippen LogP contribution < -0.4 is 0 Å². The molecule has 1 aliphatic rings. The molecule has 1 unspecified atom stereocenters. The van der Waals surface area contributed by atoms with Crippen LogP contribution in [-0.2, 0) is 9.53 Å². The Kier molecular flexibility index (Phi) is 3.35. The second-order valence-electron chi connectivity index (χ2n) is 4.31. The molecule has 1 atom stereocenters. The van der Waals surface area contributed by atoms with E-state index in [1.165, 1.54) is 0 Å². The maximum Gasteiger partial charge on any atom is 0.324 e. The number of nitrogens with zero attached hydrogens (tertiary/aromatic N) is 1. The normalized spacial score (nSPS) is 24.8. The lowest BCUT2D eigenvalue weighted by atomic mass is 10.2. The number of hydrogen-bond acceptors (Lipinski definition) is 3. The quantitative estimate of drug-likeness (QED) is 0.527. The first-order valence-electron chi connectivity index (χ1n) is 4.55. The van der Waals surface area contributed by atoms with Crippen LogP contribution in [0.25, 0.3) is 0 Å². The van der Waals surface area contributed by atoms with Crippen LogP contribution in [-0.4, -0.2) is 28.1 Å².